The van der Waals surface area contributed by atoms with Crippen LogP contribution in [0.1, 0.15) is 47.0 Å². The molecule has 0 radical (unpaired) electrons. The van der Waals surface area contributed by atoms with Crippen LogP contribution in [-0.2, 0) is 4.79 Å². The zero-order chi connectivity index (χ0) is 14.8. The molecular formula is C15H24O4. The van der Waals surface area contributed by atoms with E-state index in [-0.39, 0.29) is 12.2 Å². The third-order valence-corrected chi connectivity index (χ3v) is 3.82. The van der Waals surface area contributed by atoms with E-state index < -0.39 is 17.3 Å². The molecule has 0 spiro atoms. The van der Waals surface area contributed by atoms with Crippen molar-refractivity contribution in [3.63, 3.8) is 0 Å². The van der Waals surface area contributed by atoms with Gasteiger partial charge in [-0.3, -0.25) is 4.79 Å². The van der Waals surface area contributed by atoms with Gasteiger partial charge in [-0.1, -0.05) is 5.57 Å². The molecule has 0 heterocycles. The van der Waals surface area contributed by atoms with Crippen LogP contribution in [0.5, 0.6) is 0 Å². The number of hydrogen-bond donors (Lipinski definition) is 3. The Morgan fingerprint density at radius 3 is 2.21 bits per heavy atom. The molecule has 108 valence electrons. The number of ketones is 1. The summed E-state index contributed by atoms with van der Waals surface area (Å²) in [5.41, 5.74) is -0.958. The summed E-state index contributed by atoms with van der Waals surface area (Å²) < 4.78 is 0. The first kappa shape index (κ1) is 16.1. The van der Waals surface area contributed by atoms with Crippen molar-refractivity contribution in [3.8, 4) is 0 Å². The van der Waals surface area contributed by atoms with Crippen molar-refractivity contribution < 1.29 is 20.1 Å². The van der Waals surface area contributed by atoms with E-state index in [1.165, 1.54) is 12.2 Å². The molecule has 4 nitrogen and oxygen atoms in total. The summed E-state index contributed by atoms with van der Waals surface area (Å²) in [5, 5.41) is 30.3. The van der Waals surface area contributed by atoms with Crippen molar-refractivity contribution in [3.05, 3.63) is 23.3 Å². The maximum Gasteiger partial charge on any atom is 0.178 e. The first-order valence-corrected chi connectivity index (χ1v) is 6.57. The molecule has 1 rings (SSSR count). The van der Waals surface area contributed by atoms with Crippen LogP contribution >= 0.6 is 0 Å². The Kier molecular flexibility index (Phi) is 4.72. The smallest absolute Gasteiger partial charge is 0.178 e. The third kappa shape index (κ3) is 4.00. The molecule has 1 fully saturated rings. The number of carbonyl (C=O) groups excluding carboxylic acids is 1. The minimum atomic E-state index is -1.22. The highest BCUT2D eigenvalue weighted by Gasteiger charge is 2.45. The SMILES string of the molecule is CC(C)=CC(=O)C=C(C)[C@]1(O)CC[C@](C)(O)[C@@H](O)C1. The normalized spacial score (nSPS) is 35.9. The highest BCUT2D eigenvalue weighted by Crippen LogP contribution is 2.38. The molecule has 1 aliphatic rings. The molecule has 0 aromatic carbocycles. The van der Waals surface area contributed by atoms with Gasteiger partial charge in [-0.15, -0.1) is 0 Å². The Hall–Kier alpha value is -0.970. The molecule has 0 aromatic heterocycles. The summed E-state index contributed by atoms with van der Waals surface area (Å²) in [6, 6.07) is 0. The van der Waals surface area contributed by atoms with Crippen LogP contribution in [0.25, 0.3) is 0 Å². The third-order valence-electron chi connectivity index (χ3n) is 3.82. The molecule has 1 saturated carbocycles. The van der Waals surface area contributed by atoms with E-state index in [0.29, 0.717) is 18.4 Å². The summed E-state index contributed by atoms with van der Waals surface area (Å²) in [7, 11) is 0. The van der Waals surface area contributed by atoms with Crippen molar-refractivity contribution in [1.82, 2.24) is 0 Å². The van der Waals surface area contributed by atoms with E-state index in [1.54, 1.807) is 13.8 Å². The van der Waals surface area contributed by atoms with E-state index in [0.717, 1.165) is 5.57 Å². The summed E-state index contributed by atoms with van der Waals surface area (Å²) in [5.74, 6) is -0.169. The Balaban J connectivity index is 2.88. The van der Waals surface area contributed by atoms with Gasteiger partial charge >= 0.3 is 0 Å². The van der Waals surface area contributed by atoms with Crippen LogP contribution in [0.2, 0.25) is 0 Å². The molecule has 0 saturated heterocycles. The fraction of sp³-hybridized carbons (Fsp3) is 0.667. The van der Waals surface area contributed by atoms with E-state index >= 15 is 0 Å². The average molecular weight is 268 g/mol. The van der Waals surface area contributed by atoms with Crippen molar-refractivity contribution in [2.45, 2.75) is 64.3 Å². The lowest BCUT2D eigenvalue weighted by Crippen LogP contribution is -2.51. The Labute approximate surface area is 114 Å². The molecule has 3 N–H and O–H groups in total. The van der Waals surface area contributed by atoms with Crippen molar-refractivity contribution >= 4 is 5.78 Å². The zero-order valence-electron chi connectivity index (χ0n) is 12.1. The standard InChI is InChI=1S/C15H24O4/c1-10(2)7-12(16)8-11(3)15(19)6-5-14(4,18)13(17)9-15/h7-8,13,17-19H,5-6,9H2,1-4H3/t13-,14-,15-/m0/s1. The number of rotatable bonds is 3. The molecule has 19 heavy (non-hydrogen) atoms. The van der Waals surface area contributed by atoms with Gasteiger partial charge in [0.1, 0.15) is 0 Å². The second-order valence-corrected chi connectivity index (χ2v) is 6.06. The number of carbonyl (C=O) groups is 1. The van der Waals surface area contributed by atoms with Gasteiger partial charge in [-0.05, 0) is 58.3 Å². The molecule has 3 atom stereocenters. The summed E-state index contributed by atoms with van der Waals surface area (Å²) >= 11 is 0. The quantitative estimate of drug-likeness (QED) is 0.678. The number of hydrogen-bond acceptors (Lipinski definition) is 4. The van der Waals surface area contributed by atoms with Crippen LogP contribution in [0.4, 0.5) is 0 Å². The lowest BCUT2D eigenvalue weighted by molar-refractivity contribution is -0.136. The minimum absolute atomic E-state index is 0.0461. The number of aliphatic hydroxyl groups excluding tert-OH is 1. The van der Waals surface area contributed by atoms with Crippen LogP contribution in [0.3, 0.4) is 0 Å². The molecular weight excluding hydrogens is 244 g/mol. The predicted molar refractivity (Wildman–Crippen MR) is 73.6 cm³/mol. The van der Waals surface area contributed by atoms with Gasteiger partial charge in [0, 0.05) is 6.42 Å². The minimum Gasteiger partial charge on any atom is -0.390 e. The van der Waals surface area contributed by atoms with Crippen molar-refractivity contribution in [2.75, 3.05) is 0 Å². The fourth-order valence-corrected chi connectivity index (χ4v) is 2.30. The summed E-state index contributed by atoms with van der Waals surface area (Å²) in [4.78, 5) is 11.7. The van der Waals surface area contributed by atoms with Gasteiger partial charge in [0.2, 0.25) is 0 Å². The highest BCUT2D eigenvalue weighted by molar-refractivity contribution is 6.00. The molecule has 0 amide bonds. The van der Waals surface area contributed by atoms with Crippen molar-refractivity contribution in [1.29, 1.82) is 0 Å². The maximum absolute atomic E-state index is 11.7. The first-order valence-electron chi connectivity index (χ1n) is 6.57. The fourth-order valence-electron chi connectivity index (χ4n) is 2.30. The van der Waals surface area contributed by atoms with Gasteiger partial charge in [0.05, 0.1) is 17.3 Å². The van der Waals surface area contributed by atoms with Crippen LogP contribution in [-0.4, -0.2) is 38.4 Å². The Morgan fingerprint density at radius 1 is 1.16 bits per heavy atom. The van der Waals surface area contributed by atoms with E-state index in [2.05, 4.69) is 0 Å². The van der Waals surface area contributed by atoms with Crippen LogP contribution < -0.4 is 0 Å². The van der Waals surface area contributed by atoms with E-state index in [1.807, 2.05) is 13.8 Å². The molecule has 1 aliphatic carbocycles. The molecule has 0 bridgehead atoms. The van der Waals surface area contributed by atoms with Gasteiger partial charge < -0.3 is 15.3 Å². The van der Waals surface area contributed by atoms with Crippen molar-refractivity contribution in [2.24, 2.45) is 0 Å². The largest absolute Gasteiger partial charge is 0.390 e. The maximum atomic E-state index is 11.7. The van der Waals surface area contributed by atoms with E-state index in [4.69, 9.17) is 0 Å². The second-order valence-electron chi connectivity index (χ2n) is 6.06. The predicted octanol–water partition coefficient (Wildman–Crippen LogP) is 1.49. The average Bonchev–Trinajstić information content (AvgIpc) is 2.23. The molecule has 0 aliphatic heterocycles. The van der Waals surface area contributed by atoms with Crippen LogP contribution in [0, 0.1) is 0 Å². The van der Waals surface area contributed by atoms with Gasteiger partial charge in [0.25, 0.3) is 0 Å². The van der Waals surface area contributed by atoms with Gasteiger partial charge in [-0.2, -0.15) is 0 Å². The monoisotopic (exact) mass is 268 g/mol. The second kappa shape index (κ2) is 5.57. The lowest BCUT2D eigenvalue weighted by atomic mass is 9.72. The van der Waals surface area contributed by atoms with Gasteiger partial charge in [0.15, 0.2) is 5.78 Å². The van der Waals surface area contributed by atoms with Crippen LogP contribution in [0.15, 0.2) is 23.3 Å². The highest BCUT2D eigenvalue weighted by atomic mass is 16.3. The molecule has 0 aromatic rings. The number of aliphatic hydroxyl groups is 3. The summed E-state index contributed by atoms with van der Waals surface area (Å²) in [6.07, 6.45) is 2.59. The lowest BCUT2D eigenvalue weighted by Gasteiger charge is -2.43. The molecule has 0 unspecified atom stereocenters. The first-order chi connectivity index (χ1) is 8.57. The Morgan fingerprint density at radius 2 is 1.74 bits per heavy atom. The van der Waals surface area contributed by atoms with E-state index in [9.17, 15) is 20.1 Å². The Bertz CT molecular complexity index is 416. The summed E-state index contributed by atoms with van der Waals surface area (Å²) in [6.45, 7) is 6.91. The zero-order valence-corrected chi connectivity index (χ0v) is 12.1. The van der Waals surface area contributed by atoms with Gasteiger partial charge in [-0.25, -0.2) is 0 Å². The number of allylic oxidation sites excluding steroid dienone is 3. The topological polar surface area (TPSA) is 77.8 Å². The molecule has 4 heteroatoms.